The maximum atomic E-state index is 11.6. The highest BCUT2D eigenvalue weighted by atomic mass is 35.5. The van der Waals surface area contributed by atoms with Crippen molar-refractivity contribution < 1.29 is 9.59 Å². The Kier molecular flexibility index (Phi) is 8.76. The first kappa shape index (κ1) is 31.6. The summed E-state index contributed by atoms with van der Waals surface area (Å²) in [5.74, 6) is 0.319. The van der Waals surface area contributed by atoms with Gasteiger partial charge in [0.05, 0.1) is 10.0 Å². The number of nitrogens with one attached hydrogen (secondary N) is 4. The van der Waals surface area contributed by atoms with Gasteiger partial charge >= 0.3 is 0 Å². The summed E-state index contributed by atoms with van der Waals surface area (Å²) in [6.45, 7) is 1.63. The van der Waals surface area contributed by atoms with Crippen molar-refractivity contribution in [1.29, 1.82) is 0 Å². The summed E-state index contributed by atoms with van der Waals surface area (Å²) in [4.78, 5) is 23.2. The zero-order valence-corrected chi connectivity index (χ0v) is 28.4. The molecule has 0 bridgehead atoms. The van der Waals surface area contributed by atoms with Crippen molar-refractivity contribution >= 4 is 35.0 Å². The van der Waals surface area contributed by atoms with Gasteiger partial charge in [-0.3, -0.25) is 9.59 Å². The molecule has 8 heteroatoms. The minimum Gasteiger partial charge on any atom is -0.352 e. The van der Waals surface area contributed by atoms with Gasteiger partial charge < -0.3 is 21.3 Å². The van der Waals surface area contributed by atoms with Crippen LogP contribution >= 0.6 is 23.2 Å². The topological polar surface area (TPSA) is 82.3 Å². The lowest BCUT2D eigenvalue weighted by Crippen LogP contribution is -2.40. The van der Waals surface area contributed by atoms with E-state index in [1.165, 1.54) is 22.3 Å². The van der Waals surface area contributed by atoms with Crippen LogP contribution < -0.4 is 21.3 Å². The number of benzene rings is 4. The third kappa shape index (κ3) is 6.39. The number of rotatable bonds is 9. The van der Waals surface area contributed by atoms with Crippen LogP contribution in [0.5, 0.6) is 0 Å². The monoisotopic (exact) mass is 678 g/mol. The molecule has 246 valence electrons. The minimum atomic E-state index is 0.159. The highest BCUT2D eigenvalue weighted by Gasteiger charge is 2.27. The molecule has 8 rings (SSSR count). The number of halogens is 2. The van der Waals surface area contributed by atoms with E-state index in [2.05, 4.69) is 94.1 Å². The molecule has 4 N–H and O–H groups in total. The van der Waals surface area contributed by atoms with Crippen LogP contribution in [0.3, 0.4) is 0 Å². The molecule has 2 unspecified atom stereocenters. The van der Waals surface area contributed by atoms with Crippen molar-refractivity contribution in [1.82, 2.24) is 21.3 Å². The second-order valence-electron chi connectivity index (χ2n) is 13.9. The van der Waals surface area contributed by atoms with E-state index in [-0.39, 0.29) is 23.9 Å². The van der Waals surface area contributed by atoms with Crippen molar-refractivity contribution in [3.8, 4) is 33.4 Å². The summed E-state index contributed by atoms with van der Waals surface area (Å²) in [6.07, 6.45) is 7.00. The summed E-state index contributed by atoms with van der Waals surface area (Å²) in [6, 6.07) is 27.0. The molecule has 4 aromatic carbocycles. The number of fused-ring (bicyclic) bond motifs is 2. The second kappa shape index (κ2) is 13.3. The SMILES string of the molecule is O=C1CC[C@@H](CNC2Cc3ccc(-c4cccc(-c5cccc(-c6ccc7c(c6)CC(NC[C@@H]6CCC(=O)N6)C7)c5Cl)c4Cl)cc3C2)N1. The molecule has 6 nitrogen and oxygen atoms in total. The molecule has 2 fully saturated rings. The van der Waals surface area contributed by atoms with Gasteiger partial charge in [0, 0.05) is 72.4 Å². The van der Waals surface area contributed by atoms with Gasteiger partial charge in [-0.15, -0.1) is 0 Å². The lowest BCUT2D eigenvalue weighted by molar-refractivity contribution is -0.120. The van der Waals surface area contributed by atoms with Gasteiger partial charge in [0.15, 0.2) is 0 Å². The predicted octanol–water partition coefficient (Wildman–Crippen LogP) is 6.67. The molecule has 0 spiro atoms. The molecule has 0 saturated carbocycles. The maximum absolute atomic E-state index is 11.6. The smallest absolute Gasteiger partial charge is 0.220 e. The molecule has 4 aromatic rings. The van der Waals surface area contributed by atoms with Crippen molar-refractivity contribution in [3.05, 3.63) is 105 Å². The zero-order chi connectivity index (χ0) is 32.8. The summed E-state index contributed by atoms with van der Waals surface area (Å²) in [5.41, 5.74) is 11.5. The van der Waals surface area contributed by atoms with E-state index in [9.17, 15) is 9.59 Å². The molecule has 2 saturated heterocycles. The van der Waals surface area contributed by atoms with Gasteiger partial charge in [-0.25, -0.2) is 0 Å². The molecule has 4 atom stereocenters. The van der Waals surface area contributed by atoms with Crippen molar-refractivity contribution in [2.75, 3.05) is 13.1 Å². The van der Waals surface area contributed by atoms with E-state index in [0.29, 0.717) is 35.0 Å². The first-order valence-electron chi connectivity index (χ1n) is 17.2. The fourth-order valence-corrected chi connectivity index (χ4v) is 8.74. The maximum Gasteiger partial charge on any atom is 0.220 e. The van der Waals surface area contributed by atoms with Gasteiger partial charge in [0.1, 0.15) is 0 Å². The molecule has 2 heterocycles. The Morgan fingerprint density at radius 1 is 0.562 bits per heavy atom. The van der Waals surface area contributed by atoms with E-state index in [0.717, 1.165) is 85.0 Å². The van der Waals surface area contributed by atoms with Gasteiger partial charge in [0.25, 0.3) is 0 Å². The summed E-state index contributed by atoms with van der Waals surface area (Å²) in [5, 5.41) is 14.9. The number of amides is 2. The fourth-order valence-electron chi connectivity index (χ4n) is 8.06. The molecule has 2 amide bonds. The van der Waals surface area contributed by atoms with Crippen LogP contribution in [0.4, 0.5) is 0 Å². The number of carbonyl (C=O) groups is 2. The third-order valence-corrected chi connectivity index (χ3v) is 11.5. The third-order valence-electron chi connectivity index (χ3n) is 10.7. The molecule has 0 radical (unpaired) electrons. The lowest BCUT2D eigenvalue weighted by Gasteiger charge is -2.16. The molecule has 4 aliphatic rings. The van der Waals surface area contributed by atoms with Crippen LogP contribution in [0.15, 0.2) is 72.8 Å². The normalized spacial score (nSPS) is 22.9. The van der Waals surface area contributed by atoms with Crippen LogP contribution in [-0.2, 0) is 35.3 Å². The molecule has 0 aromatic heterocycles. The molecule has 48 heavy (non-hydrogen) atoms. The van der Waals surface area contributed by atoms with E-state index < -0.39 is 0 Å². The lowest BCUT2D eigenvalue weighted by atomic mass is 9.94. The van der Waals surface area contributed by atoms with E-state index in [1.54, 1.807) is 0 Å². The Morgan fingerprint density at radius 3 is 1.40 bits per heavy atom. The number of carbonyl (C=O) groups excluding carboxylic acids is 2. The Morgan fingerprint density at radius 2 is 0.979 bits per heavy atom. The molecule has 2 aliphatic heterocycles. The predicted molar refractivity (Wildman–Crippen MR) is 193 cm³/mol. The zero-order valence-electron chi connectivity index (χ0n) is 26.9. The van der Waals surface area contributed by atoms with Gasteiger partial charge in [-0.1, -0.05) is 96.0 Å². The van der Waals surface area contributed by atoms with Crippen LogP contribution in [-0.4, -0.2) is 49.1 Å². The Balaban J connectivity index is 0.985. The van der Waals surface area contributed by atoms with Crippen LogP contribution in [0.2, 0.25) is 10.0 Å². The van der Waals surface area contributed by atoms with Crippen LogP contribution in [0.25, 0.3) is 33.4 Å². The van der Waals surface area contributed by atoms with Crippen molar-refractivity contribution in [3.63, 3.8) is 0 Å². The average molecular weight is 680 g/mol. The van der Waals surface area contributed by atoms with E-state index in [1.807, 2.05) is 0 Å². The average Bonchev–Trinajstić information content (AvgIpc) is 3.89. The highest BCUT2D eigenvalue weighted by molar-refractivity contribution is 6.39. The number of hydrogen-bond acceptors (Lipinski definition) is 4. The Labute approximate surface area is 292 Å². The standard InChI is InChI=1S/C40H40Cl2N4O2/c41-39-33(25-9-7-23-17-31(19-27(23)15-25)43-21-29-11-13-37(47)45-29)3-1-5-35(39)36-6-2-4-34(40(36)42)26-10-8-24-18-32(20-28(24)16-26)44-22-30-12-14-38(48)46-30/h1-10,15-16,29-32,43-44H,11-14,17-22H2,(H,45,47)(H,46,48)/t29-,30-,31?,32?/m0/s1. The van der Waals surface area contributed by atoms with Crippen molar-refractivity contribution in [2.45, 2.75) is 75.5 Å². The summed E-state index contributed by atoms with van der Waals surface area (Å²) < 4.78 is 0. The Hall–Kier alpha value is -3.68. The summed E-state index contributed by atoms with van der Waals surface area (Å²) in [7, 11) is 0. The largest absolute Gasteiger partial charge is 0.352 e. The van der Waals surface area contributed by atoms with Gasteiger partial charge in [-0.05, 0) is 71.9 Å². The first-order valence-corrected chi connectivity index (χ1v) is 18.0. The van der Waals surface area contributed by atoms with Crippen molar-refractivity contribution in [2.24, 2.45) is 0 Å². The highest BCUT2D eigenvalue weighted by Crippen LogP contribution is 2.43. The second-order valence-corrected chi connectivity index (χ2v) is 14.7. The van der Waals surface area contributed by atoms with E-state index >= 15 is 0 Å². The molecule has 2 aliphatic carbocycles. The minimum absolute atomic E-state index is 0.159. The number of hydrogen-bond donors (Lipinski definition) is 4. The molecular formula is C40H40Cl2N4O2. The van der Waals surface area contributed by atoms with Crippen LogP contribution in [0.1, 0.15) is 47.9 Å². The quantitative estimate of drug-likeness (QED) is 0.160. The summed E-state index contributed by atoms with van der Waals surface area (Å²) >= 11 is 14.4. The molecular weight excluding hydrogens is 639 g/mol. The van der Waals surface area contributed by atoms with Crippen LogP contribution in [0, 0.1) is 0 Å². The van der Waals surface area contributed by atoms with Gasteiger partial charge in [-0.2, -0.15) is 0 Å². The van der Waals surface area contributed by atoms with E-state index in [4.69, 9.17) is 23.2 Å². The Bertz CT molecular complexity index is 1770. The van der Waals surface area contributed by atoms with Gasteiger partial charge in [0.2, 0.25) is 11.8 Å². The fraction of sp³-hybridized carbons (Fsp3) is 0.350. The first-order chi connectivity index (χ1) is 23.4.